The molecular weight excluding hydrogens is 615 g/mol. The summed E-state index contributed by atoms with van der Waals surface area (Å²) in [7, 11) is 0. The van der Waals surface area contributed by atoms with Crippen molar-refractivity contribution in [3.63, 3.8) is 0 Å². The Labute approximate surface area is 306 Å². The second kappa shape index (κ2) is 13.4. The Balaban J connectivity index is 1.21. The number of benzene rings is 5. The molecular formula is C48H51BN2. The summed E-state index contributed by atoms with van der Waals surface area (Å²) in [5.74, 6) is 1.99. The summed E-state index contributed by atoms with van der Waals surface area (Å²) in [6, 6.07) is 43.2. The van der Waals surface area contributed by atoms with Crippen LogP contribution in [0.5, 0.6) is 0 Å². The highest BCUT2D eigenvalue weighted by Gasteiger charge is 2.44. The fourth-order valence-corrected chi connectivity index (χ4v) is 10.8. The number of fused-ring (bicyclic) bond motifs is 4. The number of hydrogen-bond donors (Lipinski definition) is 0. The highest BCUT2D eigenvalue weighted by Crippen LogP contribution is 2.47. The standard InChI is InChI=1S/C48H51BN2/c1-5-15-34(16-6-1)37-25-28-41(29-26-37)51-44-24-14-13-23-42(44)49-43-31-38(35-17-7-2-8-18-35)27-30-45(43)50(40-21-11-4-12-22-40)46-32-39(33-47(51)48(46)49)36-19-9-3-10-20-36/h4,11-14,21-36H,1-3,5-10,15-20H2. The van der Waals surface area contributed by atoms with E-state index in [9.17, 15) is 0 Å². The zero-order valence-corrected chi connectivity index (χ0v) is 30.2. The molecule has 0 saturated heterocycles. The molecule has 2 aliphatic heterocycles. The maximum Gasteiger partial charge on any atom is 0.252 e. The molecule has 3 heteroatoms. The third-order valence-corrected chi connectivity index (χ3v) is 13.4. The van der Waals surface area contributed by atoms with Gasteiger partial charge in [-0.3, -0.25) is 0 Å². The highest BCUT2D eigenvalue weighted by atomic mass is 15.2. The normalized spacial score (nSPS) is 19.4. The molecule has 0 spiro atoms. The molecule has 0 N–H and O–H groups in total. The van der Waals surface area contributed by atoms with Crippen LogP contribution in [0.25, 0.3) is 0 Å². The number of para-hydroxylation sites is 2. The molecule has 0 bridgehead atoms. The first kappa shape index (κ1) is 31.5. The van der Waals surface area contributed by atoms with Gasteiger partial charge in [0.05, 0.1) is 0 Å². The van der Waals surface area contributed by atoms with Crippen LogP contribution in [0.1, 0.15) is 131 Å². The van der Waals surface area contributed by atoms with E-state index in [1.807, 2.05) is 0 Å². The van der Waals surface area contributed by atoms with Gasteiger partial charge in [0, 0.05) is 34.1 Å². The molecule has 0 aromatic heterocycles. The summed E-state index contributed by atoms with van der Waals surface area (Å²) in [6.07, 6.45) is 20.2. The molecule has 0 radical (unpaired) electrons. The molecule has 2 nitrogen and oxygen atoms in total. The molecule has 5 aromatic carbocycles. The van der Waals surface area contributed by atoms with Crippen molar-refractivity contribution in [2.45, 2.75) is 114 Å². The van der Waals surface area contributed by atoms with Crippen molar-refractivity contribution in [2.24, 2.45) is 0 Å². The minimum atomic E-state index is 0.197. The van der Waals surface area contributed by atoms with Crippen LogP contribution in [-0.2, 0) is 0 Å². The zero-order chi connectivity index (χ0) is 33.7. The SMILES string of the molecule is c1ccc(N2c3ccc(C4CCCCC4)cc3B3c4ccccc4N(c4ccc(C5CCCCC5)cc4)c4cc(C5CCCCC5)cc2c43)cc1. The molecule has 3 saturated carbocycles. The van der Waals surface area contributed by atoms with Crippen LogP contribution in [0.2, 0.25) is 0 Å². The average molecular weight is 667 g/mol. The lowest BCUT2D eigenvalue weighted by Crippen LogP contribution is -2.61. The van der Waals surface area contributed by atoms with Crippen molar-refractivity contribution in [1.82, 2.24) is 0 Å². The topological polar surface area (TPSA) is 6.48 Å². The first-order valence-electron chi connectivity index (χ1n) is 20.5. The van der Waals surface area contributed by atoms with Gasteiger partial charge in [-0.25, -0.2) is 0 Å². The lowest BCUT2D eigenvalue weighted by molar-refractivity contribution is 0.443. The van der Waals surface area contributed by atoms with Crippen molar-refractivity contribution in [3.8, 4) is 0 Å². The Hall–Kier alpha value is -4.24. The summed E-state index contributed by atoms with van der Waals surface area (Å²) < 4.78 is 0. The van der Waals surface area contributed by atoms with E-state index < -0.39 is 0 Å². The first-order valence-corrected chi connectivity index (χ1v) is 20.5. The summed E-state index contributed by atoms with van der Waals surface area (Å²) in [5, 5.41) is 0. The van der Waals surface area contributed by atoms with Gasteiger partial charge < -0.3 is 9.80 Å². The monoisotopic (exact) mass is 666 g/mol. The first-order chi connectivity index (χ1) is 25.3. The van der Waals surface area contributed by atoms with Crippen LogP contribution < -0.4 is 26.2 Å². The Morgan fingerprint density at radius 1 is 0.373 bits per heavy atom. The summed E-state index contributed by atoms with van der Waals surface area (Å²) in [4.78, 5) is 5.26. The summed E-state index contributed by atoms with van der Waals surface area (Å²) in [5.41, 5.74) is 17.0. The van der Waals surface area contributed by atoms with Gasteiger partial charge in [-0.2, -0.15) is 0 Å². The molecule has 5 aromatic rings. The van der Waals surface area contributed by atoms with Gasteiger partial charge in [-0.15, -0.1) is 0 Å². The Bertz CT molecular complexity index is 2020. The molecule has 3 fully saturated rings. The summed E-state index contributed by atoms with van der Waals surface area (Å²) >= 11 is 0. The molecule has 256 valence electrons. The van der Waals surface area contributed by atoms with Gasteiger partial charge in [0.25, 0.3) is 6.71 Å². The molecule has 0 unspecified atom stereocenters. The number of anilines is 6. The van der Waals surface area contributed by atoms with E-state index in [4.69, 9.17) is 0 Å². The molecule has 2 heterocycles. The third kappa shape index (κ3) is 5.54. The fourth-order valence-electron chi connectivity index (χ4n) is 10.8. The smallest absolute Gasteiger partial charge is 0.252 e. The van der Waals surface area contributed by atoms with Gasteiger partial charge in [-0.05, 0) is 138 Å². The molecule has 5 aliphatic rings. The summed E-state index contributed by atoms with van der Waals surface area (Å²) in [6.45, 7) is 0.197. The van der Waals surface area contributed by atoms with Crippen molar-refractivity contribution >= 4 is 57.2 Å². The lowest BCUT2D eigenvalue weighted by atomic mass is 9.33. The van der Waals surface area contributed by atoms with Crippen LogP contribution in [0.15, 0.2) is 109 Å². The van der Waals surface area contributed by atoms with Crippen LogP contribution in [0.3, 0.4) is 0 Å². The van der Waals surface area contributed by atoms with Gasteiger partial charge in [-0.1, -0.05) is 118 Å². The van der Waals surface area contributed by atoms with E-state index in [0.29, 0.717) is 17.8 Å². The van der Waals surface area contributed by atoms with E-state index in [0.717, 1.165) is 0 Å². The molecule has 3 aliphatic carbocycles. The fraction of sp³-hybridized carbons (Fsp3) is 0.375. The van der Waals surface area contributed by atoms with E-state index in [2.05, 4.69) is 119 Å². The van der Waals surface area contributed by atoms with Gasteiger partial charge in [0.2, 0.25) is 0 Å². The second-order valence-corrected chi connectivity index (χ2v) is 16.4. The van der Waals surface area contributed by atoms with Gasteiger partial charge in [0.1, 0.15) is 0 Å². The predicted molar refractivity (Wildman–Crippen MR) is 218 cm³/mol. The van der Waals surface area contributed by atoms with Crippen molar-refractivity contribution in [1.29, 1.82) is 0 Å². The average Bonchev–Trinajstić information content (AvgIpc) is 3.22. The quantitative estimate of drug-likeness (QED) is 0.169. The Morgan fingerprint density at radius 2 is 0.863 bits per heavy atom. The van der Waals surface area contributed by atoms with Crippen molar-refractivity contribution in [2.75, 3.05) is 9.80 Å². The Kier molecular flexibility index (Phi) is 8.27. The van der Waals surface area contributed by atoms with E-state index >= 15 is 0 Å². The second-order valence-electron chi connectivity index (χ2n) is 16.4. The Morgan fingerprint density at radius 3 is 1.49 bits per heavy atom. The van der Waals surface area contributed by atoms with Gasteiger partial charge in [0.15, 0.2) is 0 Å². The van der Waals surface area contributed by atoms with E-state index in [1.165, 1.54) is 158 Å². The minimum absolute atomic E-state index is 0.197. The molecule has 0 amide bonds. The maximum atomic E-state index is 2.64. The van der Waals surface area contributed by atoms with Crippen molar-refractivity contribution in [3.05, 3.63) is 126 Å². The van der Waals surface area contributed by atoms with Crippen LogP contribution in [0.4, 0.5) is 34.1 Å². The zero-order valence-electron chi connectivity index (χ0n) is 30.2. The van der Waals surface area contributed by atoms with Crippen LogP contribution in [0, 0.1) is 0 Å². The molecule has 51 heavy (non-hydrogen) atoms. The highest BCUT2D eigenvalue weighted by molar-refractivity contribution is 7.00. The molecule has 0 atom stereocenters. The van der Waals surface area contributed by atoms with Gasteiger partial charge >= 0.3 is 0 Å². The third-order valence-electron chi connectivity index (χ3n) is 13.4. The van der Waals surface area contributed by atoms with Crippen LogP contribution in [-0.4, -0.2) is 6.71 Å². The van der Waals surface area contributed by atoms with Crippen molar-refractivity contribution < 1.29 is 0 Å². The molecule has 10 rings (SSSR count). The predicted octanol–water partition coefficient (Wildman–Crippen LogP) is 11.9. The number of nitrogens with zero attached hydrogens (tertiary/aromatic N) is 2. The van der Waals surface area contributed by atoms with E-state index in [-0.39, 0.29) is 6.71 Å². The number of rotatable bonds is 5. The largest absolute Gasteiger partial charge is 0.311 e. The van der Waals surface area contributed by atoms with Crippen LogP contribution >= 0.6 is 0 Å². The lowest BCUT2D eigenvalue weighted by Gasteiger charge is -2.45. The minimum Gasteiger partial charge on any atom is -0.311 e. The van der Waals surface area contributed by atoms with E-state index in [1.54, 1.807) is 5.56 Å². The number of hydrogen-bond acceptors (Lipinski definition) is 2. The maximum absolute atomic E-state index is 2.64.